The molecule has 1 N–H and O–H groups in total. The molecule has 2 heterocycles. The van der Waals surface area contributed by atoms with Gasteiger partial charge in [-0.25, -0.2) is 0 Å². The van der Waals surface area contributed by atoms with Gasteiger partial charge < -0.3 is 14.6 Å². The van der Waals surface area contributed by atoms with Crippen LogP contribution < -0.4 is 10.7 Å². The van der Waals surface area contributed by atoms with Crippen LogP contribution in [0.3, 0.4) is 0 Å². The number of halogens is 1. The van der Waals surface area contributed by atoms with Gasteiger partial charge in [0.05, 0.1) is 11.4 Å². The molecule has 6 rings (SSSR count). The van der Waals surface area contributed by atoms with Crippen molar-refractivity contribution in [1.29, 1.82) is 0 Å². The summed E-state index contributed by atoms with van der Waals surface area (Å²) in [6.07, 6.45) is 8.23. The lowest BCUT2D eigenvalue weighted by atomic mass is 9.79. The van der Waals surface area contributed by atoms with Crippen LogP contribution in [0.15, 0.2) is 93.7 Å². The minimum Gasteiger partial charge on any atom is -0.451 e. The highest BCUT2D eigenvalue weighted by atomic mass is 35.5. The van der Waals surface area contributed by atoms with Gasteiger partial charge in [-0.1, -0.05) is 86.5 Å². The van der Waals surface area contributed by atoms with Crippen LogP contribution in [0.2, 0.25) is 5.02 Å². The summed E-state index contributed by atoms with van der Waals surface area (Å²) >= 11 is 6.15. The summed E-state index contributed by atoms with van der Waals surface area (Å²) in [5.41, 5.74) is 6.03. The Morgan fingerprint density at radius 3 is 2.45 bits per heavy atom. The van der Waals surface area contributed by atoms with E-state index in [-0.39, 0.29) is 28.6 Å². The Morgan fingerprint density at radius 1 is 1.00 bits per heavy atom. The normalized spacial score (nSPS) is 17.6. The fourth-order valence-corrected chi connectivity index (χ4v) is 7.03. The number of hydrogen-bond acceptors (Lipinski definition) is 4. The number of carbonyl (C=O) groups is 2. The molecule has 1 aromatic heterocycles. The van der Waals surface area contributed by atoms with Crippen molar-refractivity contribution < 1.29 is 14.0 Å². The van der Waals surface area contributed by atoms with E-state index in [1.165, 1.54) is 22.8 Å². The van der Waals surface area contributed by atoms with Crippen molar-refractivity contribution in [2.75, 3.05) is 6.54 Å². The maximum absolute atomic E-state index is 13.6. The summed E-state index contributed by atoms with van der Waals surface area (Å²) in [6, 6.07) is 22.8. The van der Waals surface area contributed by atoms with E-state index in [0.29, 0.717) is 41.3 Å². The zero-order valence-electron chi connectivity index (χ0n) is 27.5. The Morgan fingerprint density at radius 2 is 1.74 bits per heavy atom. The molecular formula is C40H43ClN2O4. The van der Waals surface area contributed by atoms with Crippen molar-refractivity contribution in [3.8, 4) is 0 Å². The molecule has 0 unspecified atom stereocenters. The van der Waals surface area contributed by atoms with Crippen LogP contribution in [-0.2, 0) is 23.2 Å². The second-order valence-corrected chi connectivity index (χ2v) is 14.5. The standard InChI is InChI=1S/C40H43ClN2O4/c1-40(2,3)30-16-19-36-34(23-30)35(44)24-37(47-36)39(46)42-32(22-27-12-17-31(41)18-13-27)21-26-10-14-28(15-11-26)33-8-5-4-7-29(33)25-43-20-6-9-38(43)45/h4-5,7-8,12-13,16-19,21,23-24,28,32H,6,9-11,14-15,20,22,25H2,1-3H3,(H,42,46)/t28?,32-/m1/s1. The molecule has 244 valence electrons. The van der Waals surface area contributed by atoms with Gasteiger partial charge in [-0.05, 0) is 96.4 Å². The summed E-state index contributed by atoms with van der Waals surface area (Å²) in [7, 11) is 0. The fraction of sp³-hybridized carbons (Fsp3) is 0.375. The third kappa shape index (κ3) is 7.87. The van der Waals surface area contributed by atoms with Gasteiger partial charge in [0, 0.05) is 30.6 Å². The zero-order valence-corrected chi connectivity index (χ0v) is 28.2. The number of nitrogens with one attached hydrogen (secondary N) is 1. The average molecular weight is 651 g/mol. The zero-order chi connectivity index (χ0) is 33.1. The Hall–Kier alpha value is -4.16. The Balaban J connectivity index is 1.19. The first-order chi connectivity index (χ1) is 22.5. The van der Waals surface area contributed by atoms with Crippen LogP contribution in [0.5, 0.6) is 0 Å². The lowest BCUT2D eigenvalue weighted by Gasteiger charge is -2.28. The van der Waals surface area contributed by atoms with E-state index in [0.717, 1.165) is 49.8 Å². The molecule has 1 saturated heterocycles. The first-order valence-corrected chi connectivity index (χ1v) is 17.1. The molecule has 47 heavy (non-hydrogen) atoms. The highest BCUT2D eigenvalue weighted by Gasteiger charge is 2.26. The van der Waals surface area contributed by atoms with Crippen LogP contribution >= 0.6 is 11.6 Å². The highest BCUT2D eigenvalue weighted by molar-refractivity contribution is 6.30. The molecule has 0 radical (unpaired) electrons. The molecule has 1 aliphatic carbocycles. The summed E-state index contributed by atoms with van der Waals surface area (Å²) < 4.78 is 5.98. The summed E-state index contributed by atoms with van der Waals surface area (Å²) in [5.74, 6) is 0.261. The minimum atomic E-state index is -0.418. The smallest absolute Gasteiger partial charge is 0.287 e. The van der Waals surface area contributed by atoms with E-state index < -0.39 is 5.91 Å². The molecule has 1 saturated carbocycles. The summed E-state index contributed by atoms with van der Waals surface area (Å²) in [6.45, 7) is 7.81. The van der Waals surface area contributed by atoms with E-state index in [4.69, 9.17) is 16.0 Å². The molecular weight excluding hydrogens is 608 g/mol. The molecule has 0 bridgehead atoms. The van der Waals surface area contributed by atoms with Crippen molar-refractivity contribution >= 4 is 34.4 Å². The van der Waals surface area contributed by atoms with Crippen LogP contribution in [0.4, 0.5) is 0 Å². The number of allylic oxidation sites excluding steroid dienone is 1. The van der Waals surface area contributed by atoms with Crippen LogP contribution in [0, 0.1) is 0 Å². The Labute approximate surface area is 281 Å². The SMILES string of the molecule is CC(C)(C)c1ccc2oc(C(=O)N[C@H](C=C3CCC(c4ccccc4CN4CCCC4=O)CC3)Cc3ccc(Cl)cc3)cc(=O)c2c1. The van der Waals surface area contributed by atoms with Crippen LogP contribution in [0.25, 0.3) is 11.0 Å². The Kier molecular flexibility index (Phi) is 9.70. The fourth-order valence-electron chi connectivity index (χ4n) is 6.90. The molecule has 1 atom stereocenters. The van der Waals surface area contributed by atoms with Gasteiger partial charge in [0.2, 0.25) is 5.91 Å². The third-order valence-electron chi connectivity index (χ3n) is 9.59. The minimum absolute atomic E-state index is 0.00214. The van der Waals surface area contributed by atoms with E-state index in [1.807, 2.05) is 41.3 Å². The van der Waals surface area contributed by atoms with Gasteiger partial charge in [-0.2, -0.15) is 0 Å². The number of likely N-dealkylation sites (tertiary alicyclic amines) is 1. The third-order valence-corrected chi connectivity index (χ3v) is 9.85. The molecule has 1 aliphatic heterocycles. The number of benzene rings is 3. The second kappa shape index (κ2) is 13.9. The van der Waals surface area contributed by atoms with E-state index in [1.54, 1.807) is 6.07 Å². The molecule has 0 spiro atoms. The summed E-state index contributed by atoms with van der Waals surface area (Å²) in [4.78, 5) is 41.0. The number of nitrogens with zero attached hydrogens (tertiary/aromatic N) is 1. The molecule has 4 aromatic rings. The lowest BCUT2D eigenvalue weighted by molar-refractivity contribution is -0.128. The molecule has 3 aromatic carbocycles. The lowest BCUT2D eigenvalue weighted by Crippen LogP contribution is -2.36. The van der Waals surface area contributed by atoms with Gasteiger partial charge in [0.15, 0.2) is 11.2 Å². The number of amides is 2. The van der Waals surface area contributed by atoms with Crippen LogP contribution in [0.1, 0.15) is 98.0 Å². The molecule has 6 nitrogen and oxygen atoms in total. The molecule has 2 fully saturated rings. The number of hydrogen-bond donors (Lipinski definition) is 1. The first kappa shape index (κ1) is 32.8. The van der Waals surface area contributed by atoms with Gasteiger partial charge >= 0.3 is 0 Å². The molecule has 2 aliphatic rings. The predicted octanol–water partition coefficient (Wildman–Crippen LogP) is 8.49. The topological polar surface area (TPSA) is 79.6 Å². The highest BCUT2D eigenvalue weighted by Crippen LogP contribution is 2.38. The number of fused-ring (bicyclic) bond motifs is 1. The van der Waals surface area contributed by atoms with Crippen molar-refractivity contribution in [3.05, 3.63) is 128 Å². The Bertz CT molecular complexity index is 1860. The van der Waals surface area contributed by atoms with E-state index in [2.05, 4.69) is 56.4 Å². The maximum atomic E-state index is 13.6. The number of rotatable bonds is 8. The van der Waals surface area contributed by atoms with Gasteiger partial charge in [-0.15, -0.1) is 0 Å². The average Bonchev–Trinajstić information content (AvgIpc) is 3.45. The molecule has 2 amide bonds. The van der Waals surface area contributed by atoms with Crippen LogP contribution in [-0.4, -0.2) is 29.3 Å². The summed E-state index contributed by atoms with van der Waals surface area (Å²) in [5, 5.41) is 4.28. The second-order valence-electron chi connectivity index (χ2n) is 14.1. The van der Waals surface area contributed by atoms with Gasteiger partial charge in [-0.3, -0.25) is 14.4 Å². The first-order valence-electron chi connectivity index (χ1n) is 16.7. The monoisotopic (exact) mass is 650 g/mol. The quantitative estimate of drug-likeness (QED) is 0.194. The van der Waals surface area contributed by atoms with Gasteiger partial charge in [0.25, 0.3) is 5.91 Å². The maximum Gasteiger partial charge on any atom is 0.287 e. The largest absolute Gasteiger partial charge is 0.451 e. The van der Waals surface area contributed by atoms with Crippen molar-refractivity contribution in [1.82, 2.24) is 10.2 Å². The van der Waals surface area contributed by atoms with Crippen molar-refractivity contribution in [2.45, 2.75) is 89.6 Å². The van der Waals surface area contributed by atoms with Crippen molar-refractivity contribution in [2.24, 2.45) is 0 Å². The van der Waals surface area contributed by atoms with Gasteiger partial charge in [0.1, 0.15) is 5.58 Å². The number of carbonyl (C=O) groups excluding carboxylic acids is 2. The molecule has 7 heteroatoms. The van der Waals surface area contributed by atoms with E-state index in [9.17, 15) is 14.4 Å². The van der Waals surface area contributed by atoms with Crippen molar-refractivity contribution in [3.63, 3.8) is 0 Å². The predicted molar refractivity (Wildman–Crippen MR) is 188 cm³/mol. The van der Waals surface area contributed by atoms with E-state index >= 15 is 0 Å².